The highest BCUT2D eigenvalue weighted by molar-refractivity contribution is 5.92. The molecule has 37 heavy (non-hydrogen) atoms. The van der Waals surface area contributed by atoms with E-state index in [4.69, 9.17) is 9.57 Å². The molecule has 0 amide bonds. The number of hydroxylamine groups is 2. The second-order valence-corrected chi connectivity index (χ2v) is 9.72. The molecular weight excluding hydrogens is 478 g/mol. The van der Waals surface area contributed by atoms with Gasteiger partial charge >= 0.3 is 5.97 Å². The molecule has 10 nitrogen and oxygen atoms in total. The smallest absolute Gasteiger partial charge is 0.335 e. The number of carbonyl (C=O) groups is 2. The summed E-state index contributed by atoms with van der Waals surface area (Å²) in [6.07, 6.45) is -0.699. The van der Waals surface area contributed by atoms with Crippen molar-refractivity contribution < 1.29 is 34.5 Å². The standard InChI is InChI=1S/C27H37N3O7/c1-17(33)25-23(15-31)24(16-32)37-30(25)14-18-7-6-8-22(26(18)36-10-9-28(2)3)19-11-20(27(34)35)13-21(12-19)29(4)5/h6-8,11-13,23-25,31-32H,9-10,14-16H2,1-5H3,(H,34,35)/t23?,24-,25+/m0/s1. The third-order valence-electron chi connectivity index (χ3n) is 6.47. The number of aliphatic hydroxyl groups is 2. The number of hydrogen-bond acceptors (Lipinski definition) is 9. The summed E-state index contributed by atoms with van der Waals surface area (Å²) in [5.41, 5.74) is 3.00. The number of para-hydroxylation sites is 1. The number of anilines is 1. The highest BCUT2D eigenvalue weighted by atomic mass is 16.7. The molecule has 2 aromatic rings. The summed E-state index contributed by atoms with van der Waals surface area (Å²) in [5, 5.41) is 30.8. The minimum atomic E-state index is -1.03. The number of aliphatic hydroxyl groups excluding tert-OH is 2. The number of benzene rings is 2. The SMILES string of the molecule is CC(=O)[C@@H]1C(CO)[C@H](CO)ON1Cc1cccc(-c2cc(C(=O)O)cc(N(C)C)c2)c1OCCN(C)C. The van der Waals surface area contributed by atoms with E-state index in [0.717, 1.165) is 11.3 Å². The molecule has 0 aromatic heterocycles. The Morgan fingerprint density at radius 1 is 1.08 bits per heavy atom. The summed E-state index contributed by atoms with van der Waals surface area (Å²) >= 11 is 0. The normalized spacial score (nSPS) is 19.8. The lowest BCUT2D eigenvalue weighted by Gasteiger charge is -2.25. The van der Waals surface area contributed by atoms with E-state index in [1.165, 1.54) is 12.0 Å². The van der Waals surface area contributed by atoms with Crippen molar-refractivity contribution in [3.8, 4) is 16.9 Å². The number of ketones is 1. The Kier molecular flexibility index (Phi) is 9.63. The molecule has 0 spiro atoms. The van der Waals surface area contributed by atoms with Crippen LogP contribution in [0.5, 0.6) is 5.75 Å². The fourth-order valence-electron chi connectivity index (χ4n) is 4.51. The molecular formula is C27H37N3O7. The van der Waals surface area contributed by atoms with Gasteiger partial charge in [-0.1, -0.05) is 18.2 Å². The fraction of sp³-hybridized carbons (Fsp3) is 0.481. The summed E-state index contributed by atoms with van der Waals surface area (Å²) in [5.74, 6) is -1.21. The van der Waals surface area contributed by atoms with Gasteiger partial charge in [0.05, 0.1) is 25.3 Å². The number of hydrogen-bond donors (Lipinski definition) is 3. The second kappa shape index (κ2) is 12.5. The first-order valence-electron chi connectivity index (χ1n) is 12.2. The molecule has 2 aromatic carbocycles. The van der Waals surface area contributed by atoms with Crippen molar-refractivity contribution in [2.75, 3.05) is 59.5 Å². The molecule has 1 aliphatic rings. The van der Waals surface area contributed by atoms with Crippen molar-refractivity contribution in [1.29, 1.82) is 0 Å². The van der Waals surface area contributed by atoms with Gasteiger partial charge < -0.3 is 29.9 Å². The first-order valence-corrected chi connectivity index (χ1v) is 12.2. The number of nitrogens with zero attached hydrogens (tertiary/aromatic N) is 3. The third-order valence-corrected chi connectivity index (χ3v) is 6.47. The molecule has 3 atom stereocenters. The number of carbonyl (C=O) groups excluding carboxylic acids is 1. The molecule has 1 saturated heterocycles. The zero-order valence-corrected chi connectivity index (χ0v) is 22.0. The average Bonchev–Trinajstić information content (AvgIpc) is 3.21. The molecule has 1 aliphatic heterocycles. The lowest BCUT2D eigenvalue weighted by atomic mass is 9.93. The Bertz CT molecular complexity index is 1110. The van der Waals surface area contributed by atoms with Gasteiger partial charge in [-0.05, 0) is 44.8 Å². The predicted octanol–water partition coefficient (Wildman–Crippen LogP) is 1.73. The van der Waals surface area contributed by atoms with E-state index < -0.39 is 24.0 Å². The van der Waals surface area contributed by atoms with Crippen molar-refractivity contribution >= 4 is 17.4 Å². The van der Waals surface area contributed by atoms with Crippen LogP contribution in [0.3, 0.4) is 0 Å². The van der Waals surface area contributed by atoms with Gasteiger partial charge in [0.15, 0.2) is 0 Å². The van der Waals surface area contributed by atoms with E-state index in [1.54, 1.807) is 12.1 Å². The number of rotatable bonds is 12. The van der Waals surface area contributed by atoms with E-state index in [-0.39, 0.29) is 31.1 Å². The van der Waals surface area contributed by atoms with Crippen LogP contribution >= 0.6 is 0 Å². The van der Waals surface area contributed by atoms with Crippen LogP contribution in [0.1, 0.15) is 22.8 Å². The minimum absolute atomic E-state index is 0.155. The maximum atomic E-state index is 12.5. The largest absolute Gasteiger partial charge is 0.491 e. The first-order chi connectivity index (χ1) is 17.6. The molecule has 202 valence electrons. The van der Waals surface area contributed by atoms with Crippen LogP contribution in [0.25, 0.3) is 11.1 Å². The van der Waals surface area contributed by atoms with Crippen LogP contribution in [-0.2, 0) is 16.2 Å². The van der Waals surface area contributed by atoms with Crippen LogP contribution in [0.15, 0.2) is 36.4 Å². The Morgan fingerprint density at radius 2 is 1.81 bits per heavy atom. The molecule has 1 heterocycles. The number of Topliss-reactive ketones (excluding diaryl/α,β-unsaturated/α-hetero) is 1. The monoisotopic (exact) mass is 515 g/mol. The van der Waals surface area contributed by atoms with Gasteiger partial charge in [-0.15, -0.1) is 0 Å². The molecule has 3 N–H and O–H groups in total. The van der Waals surface area contributed by atoms with Crippen molar-refractivity contribution in [2.24, 2.45) is 5.92 Å². The van der Waals surface area contributed by atoms with Gasteiger partial charge in [-0.3, -0.25) is 9.63 Å². The summed E-state index contributed by atoms with van der Waals surface area (Å²) in [7, 11) is 7.57. The number of carboxylic acid groups (broad SMARTS) is 1. The number of likely N-dealkylation sites (N-methyl/N-ethyl adjacent to an activating group) is 1. The molecule has 0 saturated carbocycles. The van der Waals surface area contributed by atoms with E-state index in [2.05, 4.69) is 0 Å². The quantitative estimate of drug-likeness (QED) is 0.385. The Labute approximate surface area is 217 Å². The molecule has 3 rings (SSSR count). The minimum Gasteiger partial charge on any atom is -0.491 e. The van der Waals surface area contributed by atoms with E-state index in [9.17, 15) is 24.9 Å². The Balaban J connectivity index is 2.09. The molecule has 10 heteroatoms. The number of aromatic carboxylic acids is 1. The summed E-state index contributed by atoms with van der Waals surface area (Å²) in [6.45, 7) is 2.02. The van der Waals surface area contributed by atoms with Gasteiger partial charge in [-0.2, -0.15) is 5.06 Å². The maximum Gasteiger partial charge on any atom is 0.335 e. The average molecular weight is 516 g/mol. The van der Waals surface area contributed by atoms with Crippen molar-refractivity contribution in [2.45, 2.75) is 25.6 Å². The third kappa shape index (κ3) is 6.65. The number of ether oxygens (including phenoxy) is 1. The molecule has 1 fully saturated rings. The predicted molar refractivity (Wildman–Crippen MR) is 140 cm³/mol. The van der Waals surface area contributed by atoms with E-state index in [0.29, 0.717) is 30.0 Å². The first kappa shape index (κ1) is 28.5. The Morgan fingerprint density at radius 3 is 2.38 bits per heavy atom. The molecule has 1 unspecified atom stereocenters. The van der Waals surface area contributed by atoms with Crippen LogP contribution in [-0.4, -0.2) is 104 Å². The lowest BCUT2D eigenvalue weighted by molar-refractivity contribution is -0.180. The van der Waals surface area contributed by atoms with Gasteiger partial charge in [0.25, 0.3) is 0 Å². The van der Waals surface area contributed by atoms with Crippen molar-refractivity contribution in [3.63, 3.8) is 0 Å². The van der Waals surface area contributed by atoms with Gasteiger partial charge in [0.2, 0.25) is 0 Å². The van der Waals surface area contributed by atoms with Gasteiger partial charge in [0, 0.05) is 43.4 Å². The van der Waals surface area contributed by atoms with Crippen molar-refractivity contribution in [3.05, 3.63) is 47.5 Å². The highest BCUT2D eigenvalue weighted by Gasteiger charge is 2.45. The van der Waals surface area contributed by atoms with Crippen LogP contribution in [0.4, 0.5) is 5.69 Å². The van der Waals surface area contributed by atoms with Gasteiger partial charge in [0.1, 0.15) is 30.3 Å². The van der Waals surface area contributed by atoms with Gasteiger partial charge in [-0.25, -0.2) is 4.79 Å². The van der Waals surface area contributed by atoms with E-state index >= 15 is 0 Å². The molecule has 0 aliphatic carbocycles. The molecule has 0 radical (unpaired) electrons. The second-order valence-electron chi connectivity index (χ2n) is 9.72. The number of carboxylic acids is 1. The summed E-state index contributed by atoms with van der Waals surface area (Å²) in [4.78, 5) is 34.1. The van der Waals surface area contributed by atoms with Crippen molar-refractivity contribution in [1.82, 2.24) is 9.96 Å². The lowest BCUT2D eigenvalue weighted by Crippen LogP contribution is -2.39. The zero-order chi connectivity index (χ0) is 27.3. The Hall–Kier alpha value is -3.02. The summed E-state index contributed by atoms with van der Waals surface area (Å²) in [6, 6.07) is 9.98. The van der Waals surface area contributed by atoms with Crippen LogP contribution < -0.4 is 9.64 Å². The van der Waals surface area contributed by atoms with Crippen LogP contribution in [0, 0.1) is 5.92 Å². The fourth-order valence-corrected chi connectivity index (χ4v) is 4.51. The summed E-state index contributed by atoms with van der Waals surface area (Å²) < 4.78 is 6.28. The molecule has 0 bridgehead atoms. The van der Waals surface area contributed by atoms with Crippen LogP contribution in [0.2, 0.25) is 0 Å². The maximum absolute atomic E-state index is 12.5. The highest BCUT2D eigenvalue weighted by Crippen LogP contribution is 2.38. The zero-order valence-electron chi connectivity index (χ0n) is 22.0. The van der Waals surface area contributed by atoms with E-state index in [1.807, 2.05) is 62.3 Å². The topological polar surface area (TPSA) is 123 Å².